The Morgan fingerprint density at radius 3 is 1.94 bits per heavy atom. The Bertz CT molecular complexity index is 165. The van der Waals surface area contributed by atoms with Crippen molar-refractivity contribution in [2.75, 3.05) is 6.54 Å². The molecule has 0 aromatic carbocycles. The largest absolute Gasteiger partial charge is 0.314 e. The minimum atomic E-state index is 0.479. The van der Waals surface area contributed by atoms with Crippen LogP contribution in [0.1, 0.15) is 67.7 Å². The van der Waals surface area contributed by atoms with Crippen LogP contribution in [0.15, 0.2) is 0 Å². The van der Waals surface area contributed by atoms with Gasteiger partial charge in [-0.15, -0.1) is 0 Å². The molecule has 0 amide bonds. The highest BCUT2D eigenvalue weighted by Crippen LogP contribution is 2.26. The normalized spacial score (nSPS) is 14.8. The van der Waals surface area contributed by atoms with Gasteiger partial charge >= 0.3 is 0 Å². The molecule has 0 saturated carbocycles. The van der Waals surface area contributed by atoms with Crippen LogP contribution in [0.5, 0.6) is 0 Å². The lowest BCUT2D eigenvalue weighted by molar-refractivity contribution is 0.285. The number of hydrogen-bond donors (Lipinski definition) is 1. The molecule has 0 heterocycles. The van der Waals surface area contributed by atoms with E-state index in [1.54, 1.807) is 0 Å². The van der Waals surface area contributed by atoms with E-state index in [9.17, 15) is 0 Å². The second kappa shape index (κ2) is 7.32. The Hall–Kier alpha value is -0.0400. The third kappa shape index (κ3) is 10.5. The fourth-order valence-corrected chi connectivity index (χ4v) is 2.01. The van der Waals surface area contributed by atoms with Crippen molar-refractivity contribution in [3.63, 3.8) is 0 Å². The van der Waals surface area contributed by atoms with Gasteiger partial charge in [-0.1, -0.05) is 48.5 Å². The van der Waals surface area contributed by atoms with Gasteiger partial charge in [0.1, 0.15) is 0 Å². The van der Waals surface area contributed by atoms with E-state index in [1.807, 2.05) is 0 Å². The van der Waals surface area contributed by atoms with Crippen LogP contribution in [0, 0.1) is 17.3 Å². The molecule has 0 aromatic rings. The van der Waals surface area contributed by atoms with E-state index in [0.717, 1.165) is 11.8 Å². The summed E-state index contributed by atoms with van der Waals surface area (Å²) in [6.45, 7) is 17.3. The van der Waals surface area contributed by atoms with Gasteiger partial charge in [0.05, 0.1) is 0 Å². The van der Waals surface area contributed by atoms with Crippen LogP contribution in [0.2, 0.25) is 0 Å². The molecule has 0 aliphatic heterocycles. The fourth-order valence-electron chi connectivity index (χ4n) is 2.01. The Kier molecular flexibility index (Phi) is 7.30. The highest BCUT2D eigenvalue weighted by molar-refractivity contribution is 4.70. The first-order valence-electron chi connectivity index (χ1n) is 6.94. The number of hydrogen-bond acceptors (Lipinski definition) is 1. The monoisotopic (exact) mass is 227 g/mol. The van der Waals surface area contributed by atoms with Gasteiger partial charge in [0, 0.05) is 6.04 Å². The maximum Gasteiger partial charge on any atom is 0.00104 e. The summed E-state index contributed by atoms with van der Waals surface area (Å²) >= 11 is 0. The van der Waals surface area contributed by atoms with Crippen molar-refractivity contribution in [1.82, 2.24) is 5.32 Å². The van der Waals surface area contributed by atoms with Crippen molar-refractivity contribution in [3.8, 4) is 0 Å². The van der Waals surface area contributed by atoms with E-state index >= 15 is 0 Å². The molecule has 1 nitrogen and oxygen atoms in total. The lowest BCUT2D eigenvalue weighted by Crippen LogP contribution is -2.30. The predicted molar refractivity (Wildman–Crippen MR) is 74.8 cm³/mol. The highest BCUT2D eigenvalue weighted by atomic mass is 14.9. The summed E-state index contributed by atoms with van der Waals surface area (Å²) in [6, 6.07) is 0.615. The molecule has 0 fully saturated rings. The zero-order chi connectivity index (χ0) is 12.8. The molecule has 0 aromatic heterocycles. The predicted octanol–water partition coefficient (Wildman–Crippen LogP) is 4.47. The van der Waals surface area contributed by atoms with Gasteiger partial charge in [-0.3, -0.25) is 0 Å². The van der Waals surface area contributed by atoms with Gasteiger partial charge in [0.2, 0.25) is 0 Å². The van der Waals surface area contributed by atoms with E-state index in [0.29, 0.717) is 11.5 Å². The lowest BCUT2D eigenvalue weighted by atomic mass is 9.84. The minimum absolute atomic E-state index is 0.479. The minimum Gasteiger partial charge on any atom is -0.314 e. The first-order chi connectivity index (χ1) is 7.20. The maximum absolute atomic E-state index is 3.59. The summed E-state index contributed by atoms with van der Waals surface area (Å²) in [7, 11) is 0. The van der Waals surface area contributed by atoms with Crippen LogP contribution in [-0.4, -0.2) is 12.6 Å². The first-order valence-corrected chi connectivity index (χ1v) is 6.94. The van der Waals surface area contributed by atoms with Gasteiger partial charge in [0.25, 0.3) is 0 Å². The van der Waals surface area contributed by atoms with Crippen LogP contribution in [0.4, 0.5) is 0 Å². The average Bonchev–Trinajstić information content (AvgIpc) is 2.07. The quantitative estimate of drug-likeness (QED) is 0.676. The molecule has 0 radical (unpaired) electrons. The molecule has 0 saturated heterocycles. The van der Waals surface area contributed by atoms with Crippen LogP contribution in [0.3, 0.4) is 0 Å². The third-order valence-corrected chi connectivity index (χ3v) is 2.92. The van der Waals surface area contributed by atoms with Crippen molar-refractivity contribution >= 4 is 0 Å². The Labute approximate surface area is 103 Å². The summed E-state index contributed by atoms with van der Waals surface area (Å²) in [5.74, 6) is 1.67. The molecule has 1 N–H and O–H groups in total. The summed E-state index contributed by atoms with van der Waals surface area (Å²) < 4.78 is 0. The van der Waals surface area contributed by atoms with Crippen molar-refractivity contribution in [3.05, 3.63) is 0 Å². The van der Waals surface area contributed by atoms with Gasteiger partial charge in [-0.2, -0.15) is 0 Å². The summed E-state index contributed by atoms with van der Waals surface area (Å²) in [6.07, 6.45) is 4.06. The van der Waals surface area contributed by atoms with Crippen LogP contribution >= 0.6 is 0 Å². The van der Waals surface area contributed by atoms with E-state index in [-0.39, 0.29) is 0 Å². The number of rotatable bonds is 7. The van der Waals surface area contributed by atoms with Gasteiger partial charge < -0.3 is 5.32 Å². The molecule has 98 valence electrons. The second-order valence-corrected chi connectivity index (χ2v) is 7.16. The van der Waals surface area contributed by atoms with Crippen LogP contribution in [0.25, 0.3) is 0 Å². The maximum atomic E-state index is 3.59. The van der Waals surface area contributed by atoms with Crippen molar-refractivity contribution < 1.29 is 0 Å². The van der Waals surface area contributed by atoms with Gasteiger partial charge in [-0.05, 0) is 43.1 Å². The zero-order valence-corrected chi connectivity index (χ0v) is 12.6. The van der Waals surface area contributed by atoms with Gasteiger partial charge in [0.15, 0.2) is 0 Å². The third-order valence-electron chi connectivity index (χ3n) is 2.92. The van der Waals surface area contributed by atoms with Crippen molar-refractivity contribution in [2.24, 2.45) is 17.3 Å². The Morgan fingerprint density at radius 1 is 1.00 bits per heavy atom. The fraction of sp³-hybridized carbons (Fsp3) is 1.00. The zero-order valence-electron chi connectivity index (χ0n) is 12.6. The second-order valence-electron chi connectivity index (χ2n) is 7.16. The molecule has 1 heteroatoms. The molecule has 1 atom stereocenters. The molecular formula is C15H33N. The molecule has 0 rings (SSSR count). The molecule has 0 spiro atoms. The topological polar surface area (TPSA) is 12.0 Å². The highest BCUT2D eigenvalue weighted by Gasteiger charge is 2.16. The van der Waals surface area contributed by atoms with Crippen molar-refractivity contribution in [1.29, 1.82) is 0 Å². The SMILES string of the molecule is CC(C)CC(CCC(C)(C)C)CNC(C)C. The van der Waals surface area contributed by atoms with E-state index < -0.39 is 0 Å². The number of nitrogens with one attached hydrogen (secondary N) is 1. The first kappa shape index (κ1) is 16.0. The molecule has 0 bridgehead atoms. The standard InChI is InChI=1S/C15H33N/c1-12(2)10-14(11-16-13(3)4)8-9-15(5,6)7/h12-14,16H,8-11H2,1-7H3. The smallest absolute Gasteiger partial charge is 0.00104 e. The molecule has 0 aliphatic rings. The van der Waals surface area contributed by atoms with E-state index in [4.69, 9.17) is 0 Å². The van der Waals surface area contributed by atoms with Gasteiger partial charge in [-0.25, -0.2) is 0 Å². The van der Waals surface area contributed by atoms with Crippen molar-refractivity contribution in [2.45, 2.75) is 73.8 Å². The summed E-state index contributed by atoms with van der Waals surface area (Å²) in [5, 5.41) is 3.59. The Balaban J connectivity index is 4.00. The Morgan fingerprint density at radius 2 is 1.56 bits per heavy atom. The summed E-state index contributed by atoms with van der Waals surface area (Å²) in [5.41, 5.74) is 0.479. The van der Waals surface area contributed by atoms with Crippen LogP contribution in [-0.2, 0) is 0 Å². The molecular weight excluding hydrogens is 194 g/mol. The molecule has 0 aliphatic carbocycles. The van der Waals surface area contributed by atoms with Crippen LogP contribution < -0.4 is 5.32 Å². The summed E-state index contributed by atoms with van der Waals surface area (Å²) in [4.78, 5) is 0. The molecule has 16 heavy (non-hydrogen) atoms. The van der Waals surface area contributed by atoms with E-state index in [2.05, 4.69) is 53.8 Å². The van der Waals surface area contributed by atoms with E-state index in [1.165, 1.54) is 25.8 Å². The lowest BCUT2D eigenvalue weighted by Gasteiger charge is -2.25. The molecule has 1 unspecified atom stereocenters. The average molecular weight is 227 g/mol.